The van der Waals surface area contributed by atoms with E-state index in [1.54, 1.807) is 24.0 Å². The second kappa shape index (κ2) is 4.20. The molecule has 0 spiro atoms. The molecule has 0 aliphatic carbocycles. The molecule has 2 aromatic rings. The Morgan fingerprint density at radius 3 is 3.06 bits per heavy atom. The van der Waals surface area contributed by atoms with Crippen LogP contribution in [0.15, 0.2) is 12.4 Å². The summed E-state index contributed by atoms with van der Waals surface area (Å²) in [6.45, 7) is 3.07. The summed E-state index contributed by atoms with van der Waals surface area (Å²) in [7, 11) is 0. The summed E-state index contributed by atoms with van der Waals surface area (Å²) in [5.74, 6) is 0.107. The van der Waals surface area contributed by atoms with E-state index in [0.717, 1.165) is 18.4 Å². The Morgan fingerprint density at radius 2 is 2.39 bits per heavy atom. The summed E-state index contributed by atoms with van der Waals surface area (Å²) < 4.78 is 1.78. The first-order chi connectivity index (χ1) is 8.65. The summed E-state index contributed by atoms with van der Waals surface area (Å²) >= 11 is 5.78. The van der Waals surface area contributed by atoms with Crippen LogP contribution in [0.2, 0.25) is 5.28 Å². The predicted octanol–water partition coefficient (Wildman–Crippen LogP) is 1.10. The highest BCUT2D eigenvalue weighted by Gasteiger charge is 2.30. The van der Waals surface area contributed by atoms with Crippen LogP contribution in [0.25, 0.3) is 11.0 Å². The van der Waals surface area contributed by atoms with Crippen LogP contribution in [0.3, 0.4) is 0 Å². The van der Waals surface area contributed by atoms with Crippen LogP contribution in [0.1, 0.15) is 13.3 Å². The van der Waals surface area contributed by atoms with Crippen LogP contribution in [0.4, 0.5) is 0 Å². The highest BCUT2D eigenvalue weighted by Crippen LogP contribution is 2.21. The molecular formula is C11H12ClN5O. The largest absolute Gasteiger partial charge is 0.338 e. The van der Waals surface area contributed by atoms with Gasteiger partial charge in [0.1, 0.15) is 0 Å². The van der Waals surface area contributed by atoms with Crippen LogP contribution in [0.5, 0.6) is 0 Å². The molecule has 0 aromatic carbocycles. The Labute approximate surface area is 109 Å². The van der Waals surface area contributed by atoms with Crippen LogP contribution in [-0.4, -0.2) is 43.1 Å². The number of hydrogen-bond donors (Lipinski definition) is 0. The van der Waals surface area contributed by atoms with Crippen molar-refractivity contribution >= 4 is 28.5 Å². The quantitative estimate of drug-likeness (QED) is 0.763. The second-order valence-corrected chi connectivity index (χ2v) is 4.74. The van der Waals surface area contributed by atoms with E-state index in [0.29, 0.717) is 12.2 Å². The molecule has 0 N–H and O–H groups in total. The van der Waals surface area contributed by atoms with Gasteiger partial charge in [-0.15, -0.1) is 0 Å². The van der Waals surface area contributed by atoms with Crippen molar-refractivity contribution in [1.29, 1.82) is 0 Å². The number of rotatable bonds is 2. The van der Waals surface area contributed by atoms with Gasteiger partial charge in [0.2, 0.25) is 11.2 Å². The molecule has 1 fully saturated rings. The molecule has 18 heavy (non-hydrogen) atoms. The van der Waals surface area contributed by atoms with Crippen LogP contribution in [-0.2, 0) is 11.3 Å². The normalized spacial score (nSPS) is 19.0. The lowest BCUT2D eigenvalue weighted by molar-refractivity contribution is -0.136. The fraction of sp³-hybridized carbons (Fsp3) is 0.455. The molecule has 1 aliphatic rings. The SMILES string of the molecule is CC(=O)N1CCC1Cn1ncc2cnc(Cl)nc21. The van der Waals surface area contributed by atoms with E-state index in [9.17, 15) is 4.79 Å². The zero-order valence-electron chi connectivity index (χ0n) is 9.88. The average molecular weight is 266 g/mol. The molecule has 0 radical (unpaired) electrons. The predicted molar refractivity (Wildman–Crippen MR) is 66.1 cm³/mol. The van der Waals surface area contributed by atoms with Crippen molar-refractivity contribution < 1.29 is 4.79 Å². The maximum absolute atomic E-state index is 11.3. The molecule has 7 heteroatoms. The van der Waals surface area contributed by atoms with Crippen molar-refractivity contribution in [2.24, 2.45) is 0 Å². The third-order valence-corrected chi connectivity index (χ3v) is 3.46. The first-order valence-corrected chi connectivity index (χ1v) is 6.14. The number of likely N-dealkylation sites (tertiary alicyclic amines) is 1. The molecule has 0 bridgehead atoms. The standard InChI is InChI=1S/C11H12ClN5O/c1-7(18)16-3-2-9(16)6-17-10-8(5-14-17)4-13-11(12)15-10/h4-5,9H,2-3,6H2,1H3. The molecule has 6 nitrogen and oxygen atoms in total. The average Bonchev–Trinajstić information content (AvgIpc) is 2.66. The van der Waals surface area contributed by atoms with Crippen LogP contribution in [0, 0.1) is 0 Å². The molecule has 1 aliphatic heterocycles. The topological polar surface area (TPSA) is 63.9 Å². The van der Waals surface area contributed by atoms with Gasteiger partial charge in [0.15, 0.2) is 5.65 Å². The first-order valence-electron chi connectivity index (χ1n) is 5.76. The molecule has 1 unspecified atom stereocenters. The van der Waals surface area contributed by atoms with E-state index in [4.69, 9.17) is 11.6 Å². The summed E-state index contributed by atoms with van der Waals surface area (Å²) in [4.78, 5) is 21.3. The second-order valence-electron chi connectivity index (χ2n) is 4.40. The Morgan fingerprint density at radius 1 is 1.56 bits per heavy atom. The number of halogens is 1. The zero-order chi connectivity index (χ0) is 12.7. The maximum atomic E-state index is 11.3. The monoisotopic (exact) mass is 265 g/mol. The molecule has 1 saturated heterocycles. The van der Waals surface area contributed by atoms with Gasteiger partial charge in [-0.2, -0.15) is 10.1 Å². The molecular weight excluding hydrogens is 254 g/mol. The number of fused-ring (bicyclic) bond motifs is 1. The van der Waals surface area contributed by atoms with E-state index in [2.05, 4.69) is 15.1 Å². The Kier molecular flexibility index (Phi) is 2.66. The van der Waals surface area contributed by atoms with E-state index in [1.807, 2.05) is 4.90 Å². The van der Waals surface area contributed by atoms with Crippen molar-refractivity contribution in [2.75, 3.05) is 6.54 Å². The minimum atomic E-state index is 0.107. The Bertz CT molecular complexity index is 610. The number of amides is 1. The minimum Gasteiger partial charge on any atom is -0.338 e. The number of hydrogen-bond acceptors (Lipinski definition) is 4. The van der Waals surface area contributed by atoms with Gasteiger partial charge in [-0.3, -0.25) is 4.79 Å². The van der Waals surface area contributed by atoms with Crippen molar-refractivity contribution in [3.63, 3.8) is 0 Å². The van der Waals surface area contributed by atoms with Gasteiger partial charge in [-0.1, -0.05) is 0 Å². The van der Waals surface area contributed by atoms with Gasteiger partial charge in [0, 0.05) is 19.7 Å². The lowest BCUT2D eigenvalue weighted by atomic mass is 10.0. The third kappa shape index (κ3) is 1.82. The van der Waals surface area contributed by atoms with Gasteiger partial charge in [0.25, 0.3) is 0 Å². The number of carbonyl (C=O) groups is 1. The molecule has 0 saturated carbocycles. The highest BCUT2D eigenvalue weighted by molar-refractivity contribution is 6.28. The van der Waals surface area contributed by atoms with Gasteiger partial charge < -0.3 is 4.90 Å². The minimum absolute atomic E-state index is 0.107. The zero-order valence-corrected chi connectivity index (χ0v) is 10.6. The Hall–Kier alpha value is -1.69. The van der Waals surface area contributed by atoms with E-state index in [1.165, 1.54) is 0 Å². The Balaban J connectivity index is 1.87. The smallest absolute Gasteiger partial charge is 0.224 e. The van der Waals surface area contributed by atoms with Crippen molar-refractivity contribution in [1.82, 2.24) is 24.6 Å². The van der Waals surface area contributed by atoms with E-state index >= 15 is 0 Å². The van der Waals surface area contributed by atoms with Crippen LogP contribution >= 0.6 is 11.6 Å². The number of aromatic nitrogens is 4. The van der Waals surface area contributed by atoms with Crippen molar-refractivity contribution in [2.45, 2.75) is 25.9 Å². The maximum Gasteiger partial charge on any atom is 0.224 e. The highest BCUT2D eigenvalue weighted by atomic mass is 35.5. The summed E-state index contributed by atoms with van der Waals surface area (Å²) in [6.07, 6.45) is 4.36. The molecule has 3 rings (SSSR count). The first kappa shape index (κ1) is 11.4. The third-order valence-electron chi connectivity index (χ3n) is 3.28. The van der Waals surface area contributed by atoms with Gasteiger partial charge in [-0.05, 0) is 18.0 Å². The number of carbonyl (C=O) groups excluding carboxylic acids is 1. The van der Waals surface area contributed by atoms with E-state index < -0.39 is 0 Å². The molecule has 94 valence electrons. The lowest BCUT2D eigenvalue weighted by Crippen LogP contribution is -2.52. The molecule has 2 aromatic heterocycles. The van der Waals surface area contributed by atoms with E-state index in [-0.39, 0.29) is 17.2 Å². The van der Waals surface area contributed by atoms with Crippen molar-refractivity contribution in [3.05, 3.63) is 17.7 Å². The fourth-order valence-electron chi connectivity index (χ4n) is 2.22. The summed E-state index contributed by atoms with van der Waals surface area (Å²) in [5.41, 5.74) is 0.713. The molecule has 1 atom stereocenters. The van der Waals surface area contributed by atoms with Crippen LogP contribution < -0.4 is 0 Å². The molecule has 1 amide bonds. The number of nitrogens with zero attached hydrogens (tertiary/aromatic N) is 5. The van der Waals surface area contributed by atoms with Gasteiger partial charge >= 0.3 is 0 Å². The molecule has 3 heterocycles. The van der Waals surface area contributed by atoms with Gasteiger partial charge in [0.05, 0.1) is 24.2 Å². The fourth-order valence-corrected chi connectivity index (χ4v) is 2.35. The van der Waals surface area contributed by atoms with Gasteiger partial charge in [-0.25, -0.2) is 9.67 Å². The lowest BCUT2D eigenvalue weighted by Gasteiger charge is -2.40. The van der Waals surface area contributed by atoms with Crippen molar-refractivity contribution in [3.8, 4) is 0 Å². The summed E-state index contributed by atoms with van der Waals surface area (Å²) in [6, 6.07) is 0.208. The summed E-state index contributed by atoms with van der Waals surface area (Å²) in [5, 5.41) is 5.33.